The van der Waals surface area contributed by atoms with E-state index in [1.807, 2.05) is 31.2 Å². The number of ether oxygens (including phenoxy) is 1. The van der Waals surface area contributed by atoms with Crippen molar-refractivity contribution in [1.29, 1.82) is 0 Å². The summed E-state index contributed by atoms with van der Waals surface area (Å²) in [5.41, 5.74) is 1.05. The van der Waals surface area contributed by atoms with Gasteiger partial charge >= 0.3 is 0 Å². The molecule has 0 unspecified atom stereocenters. The first-order chi connectivity index (χ1) is 9.79. The zero-order valence-corrected chi connectivity index (χ0v) is 11.4. The van der Waals surface area contributed by atoms with Gasteiger partial charge in [0, 0.05) is 6.42 Å². The van der Waals surface area contributed by atoms with Crippen LogP contribution in [0.15, 0.2) is 30.6 Å². The SMILES string of the molecule is CCOc1ccccc1CCC(=O)NCc1ncn[nH]1. The number of benzene rings is 1. The van der Waals surface area contributed by atoms with E-state index in [0.29, 0.717) is 31.8 Å². The van der Waals surface area contributed by atoms with Gasteiger partial charge in [0.25, 0.3) is 0 Å². The molecule has 0 aliphatic rings. The normalized spacial score (nSPS) is 10.2. The highest BCUT2D eigenvalue weighted by Crippen LogP contribution is 2.19. The minimum Gasteiger partial charge on any atom is -0.494 e. The number of H-pyrrole nitrogens is 1. The molecule has 2 N–H and O–H groups in total. The summed E-state index contributed by atoms with van der Waals surface area (Å²) < 4.78 is 5.53. The number of hydrogen-bond acceptors (Lipinski definition) is 4. The quantitative estimate of drug-likeness (QED) is 0.801. The van der Waals surface area contributed by atoms with E-state index < -0.39 is 0 Å². The maximum Gasteiger partial charge on any atom is 0.220 e. The van der Waals surface area contributed by atoms with Gasteiger partial charge in [-0.3, -0.25) is 9.89 Å². The lowest BCUT2D eigenvalue weighted by molar-refractivity contribution is -0.121. The molecule has 0 saturated heterocycles. The lowest BCUT2D eigenvalue weighted by Gasteiger charge is -2.09. The molecule has 1 heterocycles. The lowest BCUT2D eigenvalue weighted by atomic mass is 10.1. The van der Waals surface area contributed by atoms with E-state index >= 15 is 0 Å². The maximum atomic E-state index is 11.8. The molecule has 1 aromatic heterocycles. The van der Waals surface area contributed by atoms with Crippen LogP contribution in [0.5, 0.6) is 5.75 Å². The summed E-state index contributed by atoms with van der Waals surface area (Å²) in [7, 11) is 0. The first kappa shape index (κ1) is 14.0. The van der Waals surface area contributed by atoms with E-state index in [-0.39, 0.29) is 5.91 Å². The maximum absolute atomic E-state index is 11.8. The van der Waals surface area contributed by atoms with E-state index in [4.69, 9.17) is 4.74 Å². The largest absolute Gasteiger partial charge is 0.494 e. The summed E-state index contributed by atoms with van der Waals surface area (Å²) in [6.45, 7) is 2.93. The van der Waals surface area contributed by atoms with Gasteiger partial charge in [-0.1, -0.05) is 18.2 Å². The van der Waals surface area contributed by atoms with Crippen LogP contribution in [0, 0.1) is 0 Å². The summed E-state index contributed by atoms with van der Waals surface area (Å²) in [4.78, 5) is 15.7. The third-order valence-corrected chi connectivity index (χ3v) is 2.81. The first-order valence-corrected chi connectivity index (χ1v) is 6.61. The molecule has 2 rings (SSSR count). The van der Waals surface area contributed by atoms with Crippen LogP contribution in [0.4, 0.5) is 0 Å². The Hall–Kier alpha value is -2.37. The van der Waals surface area contributed by atoms with Crippen molar-refractivity contribution in [2.75, 3.05) is 6.61 Å². The molecular formula is C14H18N4O2. The summed E-state index contributed by atoms with van der Waals surface area (Å²) in [5, 5.41) is 9.21. The second-order valence-corrected chi connectivity index (χ2v) is 4.25. The number of para-hydroxylation sites is 1. The van der Waals surface area contributed by atoms with Crippen molar-refractivity contribution in [3.05, 3.63) is 42.0 Å². The number of aryl methyl sites for hydroxylation is 1. The Kier molecular flexibility index (Phi) is 5.11. The molecule has 0 radical (unpaired) electrons. The van der Waals surface area contributed by atoms with Crippen LogP contribution >= 0.6 is 0 Å². The molecule has 0 bridgehead atoms. The zero-order chi connectivity index (χ0) is 14.2. The molecule has 0 aliphatic carbocycles. The van der Waals surface area contributed by atoms with Crippen LogP contribution in [0.25, 0.3) is 0 Å². The zero-order valence-electron chi connectivity index (χ0n) is 11.4. The number of amides is 1. The third-order valence-electron chi connectivity index (χ3n) is 2.81. The van der Waals surface area contributed by atoms with Crippen molar-refractivity contribution in [3.8, 4) is 5.75 Å². The standard InChI is InChI=1S/C14H18N4O2/c1-2-20-12-6-4-3-5-11(12)7-8-14(19)15-9-13-16-10-17-18-13/h3-6,10H,2,7-9H2,1H3,(H,15,19)(H,16,17,18). The summed E-state index contributed by atoms with van der Waals surface area (Å²) >= 11 is 0. The van der Waals surface area contributed by atoms with Crippen LogP contribution in [0.2, 0.25) is 0 Å². The van der Waals surface area contributed by atoms with Crippen LogP contribution in [0.1, 0.15) is 24.7 Å². The van der Waals surface area contributed by atoms with Gasteiger partial charge in [-0.15, -0.1) is 0 Å². The van der Waals surface area contributed by atoms with Crippen LogP contribution in [-0.4, -0.2) is 27.7 Å². The highest BCUT2D eigenvalue weighted by molar-refractivity contribution is 5.76. The van der Waals surface area contributed by atoms with Gasteiger partial charge in [-0.2, -0.15) is 5.10 Å². The Morgan fingerprint density at radius 1 is 1.40 bits per heavy atom. The highest BCUT2D eigenvalue weighted by atomic mass is 16.5. The van der Waals surface area contributed by atoms with Gasteiger partial charge in [-0.05, 0) is 25.0 Å². The lowest BCUT2D eigenvalue weighted by Crippen LogP contribution is -2.23. The van der Waals surface area contributed by atoms with Gasteiger partial charge in [0.15, 0.2) is 0 Å². The Morgan fingerprint density at radius 3 is 3.00 bits per heavy atom. The van der Waals surface area contributed by atoms with Crippen molar-refractivity contribution in [2.45, 2.75) is 26.3 Å². The molecule has 1 amide bonds. The van der Waals surface area contributed by atoms with Gasteiger partial charge < -0.3 is 10.1 Å². The molecule has 6 nitrogen and oxygen atoms in total. The molecule has 6 heteroatoms. The summed E-state index contributed by atoms with van der Waals surface area (Å²) in [6.07, 6.45) is 2.48. The van der Waals surface area contributed by atoms with E-state index in [1.54, 1.807) is 0 Å². The summed E-state index contributed by atoms with van der Waals surface area (Å²) in [6, 6.07) is 7.78. The number of hydrogen-bond donors (Lipinski definition) is 2. The van der Waals surface area contributed by atoms with Crippen LogP contribution < -0.4 is 10.1 Å². The Bertz CT molecular complexity index is 540. The molecule has 0 fully saturated rings. The number of aromatic nitrogens is 3. The number of nitrogens with zero attached hydrogens (tertiary/aromatic N) is 2. The third kappa shape index (κ3) is 4.08. The number of carbonyl (C=O) groups excluding carboxylic acids is 1. The van der Waals surface area contributed by atoms with Crippen molar-refractivity contribution in [3.63, 3.8) is 0 Å². The van der Waals surface area contributed by atoms with Gasteiger partial charge in [0.2, 0.25) is 5.91 Å². The number of carbonyl (C=O) groups is 1. The monoisotopic (exact) mass is 274 g/mol. The number of rotatable bonds is 7. The van der Waals surface area contributed by atoms with Gasteiger partial charge in [0.05, 0.1) is 13.2 Å². The smallest absolute Gasteiger partial charge is 0.220 e. The average Bonchev–Trinajstić information content (AvgIpc) is 2.98. The molecule has 0 spiro atoms. The fraction of sp³-hybridized carbons (Fsp3) is 0.357. The van der Waals surface area contributed by atoms with Gasteiger partial charge in [0.1, 0.15) is 17.9 Å². The number of aromatic amines is 1. The number of nitrogens with one attached hydrogen (secondary N) is 2. The minimum absolute atomic E-state index is 0.0206. The molecule has 0 aliphatic heterocycles. The van der Waals surface area contributed by atoms with Crippen molar-refractivity contribution in [2.24, 2.45) is 0 Å². The predicted molar refractivity (Wildman–Crippen MR) is 74.2 cm³/mol. The molecular weight excluding hydrogens is 256 g/mol. The Balaban J connectivity index is 1.81. The fourth-order valence-electron chi connectivity index (χ4n) is 1.84. The van der Waals surface area contributed by atoms with E-state index in [1.165, 1.54) is 6.33 Å². The van der Waals surface area contributed by atoms with Crippen molar-refractivity contribution >= 4 is 5.91 Å². The second kappa shape index (κ2) is 7.28. The van der Waals surface area contributed by atoms with Crippen LogP contribution in [0.3, 0.4) is 0 Å². The molecule has 20 heavy (non-hydrogen) atoms. The van der Waals surface area contributed by atoms with Crippen LogP contribution in [-0.2, 0) is 17.8 Å². The van der Waals surface area contributed by atoms with Crippen molar-refractivity contribution < 1.29 is 9.53 Å². The van der Waals surface area contributed by atoms with E-state index in [0.717, 1.165) is 11.3 Å². The average molecular weight is 274 g/mol. The topological polar surface area (TPSA) is 79.9 Å². The fourth-order valence-corrected chi connectivity index (χ4v) is 1.84. The Labute approximate surface area is 117 Å². The highest BCUT2D eigenvalue weighted by Gasteiger charge is 2.07. The predicted octanol–water partition coefficient (Wildman–Crippen LogP) is 1.45. The summed E-state index contributed by atoms with van der Waals surface area (Å²) in [5.74, 6) is 1.47. The molecule has 0 atom stereocenters. The first-order valence-electron chi connectivity index (χ1n) is 6.61. The van der Waals surface area contributed by atoms with E-state index in [2.05, 4.69) is 20.5 Å². The Morgan fingerprint density at radius 2 is 2.25 bits per heavy atom. The van der Waals surface area contributed by atoms with Crippen molar-refractivity contribution in [1.82, 2.24) is 20.5 Å². The molecule has 2 aromatic rings. The minimum atomic E-state index is -0.0206. The molecule has 0 saturated carbocycles. The van der Waals surface area contributed by atoms with E-state index in [9.17, 15) is 4.79 Å². The molecule has 106 valence electrons. The van der Waals surface area contributed by atoms with Gasteiger partial charge in [-0.25, -0.2) is 4.98 Å². The molecule has 1 aromatic carbocycles. The second-order valence-electron chi connectivity index (χ2n) is 4.25.